The number of para-hydroxylation sites is 1. The summed E-state index contributed by atoms with van der Waals surface area (Å²) in [5, 5.41) is 15.4. The first kappa shape index (κ1) is 18.2. The van der Waals surface area contributed by atoms with Gasteiger partial charge in [0.05, 0.1) is 17.4 Å². The Kier molecular flexibility index (Phi) is 4.19. The number of nitrogens with zero attached hydrogens (tertiary/aromatic N) is 2. The topological polar surface area (TPSA) is 38.1 Å². The number of rotatable bonds is 3. The lowest BCUT2D eigenvalue weighted by atomic mass is 9.85. The Morgan fingerprint density at radius 1 is 0.821 bits per heavy atom. The van der Waals surface area contributed by atoms with Crippen LogP contribution in [0.15, 0.2) is 79.0 Å². The van der Waals surface area contributed by atoms with Crippen molar-refractivity contribution >= 4 is 10.9 Å². The Hall–Kier alpha value is -3.19. The van der Waals surface area contributed by atoms with Gasteiger partial charge in [-0.3, -0.25) is 0 Å². The molecule has 0 aliphatic heterocycles. The smallest absolute Gasteiger partial charge is 0.372 e. The van der Waals surface area contributed by atoms with Crippen molar-refractivity contribution in [3.63, 3.8) is 0 Å². The molecule has 0 aliphatic carbocycles. The van der Waals surface area contributed by atoms with Crippen LogP contribution in [0.1, 0.15) is 11.1 Å². The van der Waals surface area contributed by atoms with Gasteiger partial charge in [-0.1, -0.05) is 36.4 Å². The van der Waals surface area contributed by atoms with Crippen LogP contribution in [0.2, 0.25) is 0 Å². The monoisotopic (exact) mass is 386 g/mol. The van der Waals surface area contributed by atoms with Gasteiger partial charge < -0.3 is 5.11 Å². The fourth-order valence-electron chi connectivity index (χ4n) is 3.22. The maximum atomic E-state index is 13.9. The van der Waals surface area contributed by atoms with Gasteiger partial charge in [-0.25, -0.2) is 9.07 Å². The zero-order valence-electron chi connectivity index (χ0n) is 14.4. The lowest BCUT2D eigenvalue weighted by Gasteiger charge is -2.31. The van der Waals surface area contributed by atoms with Crippen LogP contribution in [0.3, 0.4) is 0 Å². The molecule has 0 fully saturated rings. The summed E-state index contributed by atoms with van der Waals surface area (Å²) in [6.07, 6.45) is -3.57. The number of alkyl halides is 3. The lowest BCUT2D eigenvalue weighted by Crippen LogP contribution is -2.43. The van der Waals surface area contributed by atoms with E-state index in [1.54, 1.807) is 4.68 Å². The van der Waals surface area contributed by atoms with Crippen LogP contribution in [-0.4, -0.2) is 21.1 Å². The standard InChI is InChI=1S/C21H14F4N2O/c22-17-9-6-15(7-10-17)20(28,21(23,24)25)16-8-11-19-14(12-16)13-26-27(19)18-4-2-1-3-5-18/h1-13,28H. The third kappa shape index (κ3) is 2.84. The van der Waals surface area contributed by atoms with Gasteiger partial charge in [-0.15, -0.1) is 0 Å². The Bertz CT molecular complexity index is 1120. The zero-order valence-corrected chi connectivity index (χ0v) is 14.4. The third-order valence-corrected chi connectivity index (χ3v) is 4.66. The molecule has 0 radical (unpaired) electrons. The fourth-order valence-corrected chi connectivity index (χ4v) is 3.22. The molecule has 1 aromatic heterocycles. The van der Waals surface area contributed by atoms with Crippen LogP contribution >= 0.6 is 0 Å². The maximum absolute atomic E-state index is 13.9. The van der Waals surface area contributed by atoms with Crippen molar-refractivity contribution in [3.8, 4) is 5.69 Å². The minimum atomic E-state index is -5.01. The van der Waals surface area contributed by atoms with E-state index in [1.165, 1.54) is 24.4 Å². The van der Waals surface area contributed by atoms with Gasteiger partial charge in [0.1, 0.15) is 5.82 Å². The van der Waals surface area contributed by atoms with Crippen molar-refractivity contribution in [2.45, 2.75) is 11.8 Å². The minimum absolute atomic E-state index is 0.369. The van der Waals surface area contributed by atoms with Crippen molar-refractivity contribution in [1.82, 2.24) is 9.78 Å². The molecule has 3 nitrogen and oxygen atoms in total. The summed E-state index contributed by atoms with van der Waals surface area (Å²) in [4.78, 5) is 0. The van der Waals surface area contributed by atoms with E-state index in [0.29, 0.717) is 10.9 Å². The van der Waals surface area contributed by atoms with E-state index in [2.05, 4.69) is 5.10 Å². The SMILES string of the molecule is OC(c1ccc(F)cc1)(c1ccc2c(cnn2-c2ccccc2)c1)C(F)(F)F. The number of aliphatic hydroxyl groups is 1. The molecule has 1 heterocycles. The first-order valence-electron chi connectivity index (χ1n) is 8.39. The molecule has 1 atom stereocenters. The molecule has 0 bridgehead atoms. The molecule has 1 N–H and O–H groups in total. The largest absolute Gasteiger partial charge is 0.425 e. The zero-order chi connectivity index (χ0) is 19.9. The van der Waals surface area contributed by atoms with E-state index in [-0.39, 0.29) is 5.56 Å². The summed E-state index contributed by atoms with van der Waals surface area (Å²) >= 11 is 0. The van der Waals surface area contributed by atoms with Crippen LogP contribution < -0.4 is 0 Å². The van der Waals surface area contributed by atoms with Crippen molar-refractivity contribution in [2.75, 3.05) is 0 Å². The minimum Gasteiger partial charge on any atom is -0.372 e. The second-order valence-corrected chi connectivity index (χ2v) is 6.38. The molecule has 0 saturated heterocycles. The van der Waals surface area contributed by atoms with Gasteiger partial charge in [0.2, 0.25) is 5.60 Å². The lowest BCUT2D eigenvalue weighted by molar-refractivity contribution is -0.248. The molecule has 0 saturated carbocycles. The number of halogens is 4. The van der Waals surface area contributed by atoms with Gasteiger partial charge in [-0.2, -0.15) is 18.3 Å². The number of fused-ring (bicyclic) bond motifs is 1. The third-order valence-electron chi connectivity index (χ3n) is 4.66. The van der Waals surface area contributed by atoms with E-state index in [4.69, 9.17) is 0 Å². The van der Waals surface area contributed by atoms with Crippen LogP contribution in [0.4, 0.5) is 17.6 Å². The van der Waals surface area contributed by atoms with Crippen LogP contribution in [0.5, 0.6) is 0 Å². The first-order chi connectivity index (χ1) is 13.3. The normalized spacial score (nSPS) is 14.2. The van der Waals surface area contributed by atoms with E-state index in [0.717, 1.165) is 30.0 Å². The number of hydrogen-bond acceptors (Lipinski definition) is 2. The predicted octanol–water partition coefficient (Wildman–Crippen LogP) is 4.96. The van der Waals surface area contributed by atoms with E-state index in [1.807, 2.05) is 30.3 Å². The first-order valence-corrected chi connectivity index (χ1v) is 8.39. The van der Waals surface area contributed by atoms with Gasteiger partial charge in [0, 0.05) is 5.39 Å². The molecule has 7 heteroatoms. The van der Waals surface area contributed by atoms with Gasteiger partial charge in [-0.05, 0) is 47.5 Å². The van der Waals surface area contributed by atoms with Gasteiger partial charge in [0.25, 0.3) is 0 Å². The van der Waals surface area contributed by atoms with Crippen LogP contribution in [0.25, 0.3) is 16.6 Å². The molecule has 0 spiro atoms. The summed E-state index contributed by atoms with van der Waals surface area (Å²) < 4.78 is 56.4. The average molecular weight is 386 g/mol. The highest BCUT2D eigenvalue weighted by Gasteiger charge is 2.56. The highest BCUT2D eigenvalue weighted by atomic mass is 19.4. The van der Waals surface area contributed by atoms with E-state index in [9.17, 15) is 22.7 Å². The molecule has 0 amide bonds. The number of aromatic nitrogens is 2. The van der Waals surface area contributed by atoms with E-state index < -0.39 is 23.2 Å². The van der Waals surface area contributed by atoms with Crippen LogP contribution in [0, 0.1) is 5.82 Å². The van der Waals surface area contributed by atoms with Gasteiger partial charge in [0.15, 0.2) is 0 Å². The molecule has 4 aromatic rings. The summed E-state index contributed by atoms with van der Waals surface area (Å²) in [7, 11) is 0. The summed E-state index contributed by atoms with van der Waals surface area (Å²) in [6.45, 7) is 0. The molecular weight excluding hydrogens is 372 g/mol. The Morgan fingerprint density at radius 3 is 2.11 bits per heavy atom. The molecule has 0 aliphatic rings. The average Bonchev–Trinajstić information content (AvgIpc) is 3.11. The Balaban J connectivity index is 1.87. The molecule has 142 valence electrons. The number of benzene rings is 3. The Labute approximate surface area is 157 Å². The Morgan fingerprint density at radius 2 is 1.46 bits per heavy atom. The van der Waals surface area contributed by atoms with Crippen molar-refractivity contribution < 1.29 is 22.7 Å². The van der Waals surface area contributed by atoms with Crippen molar-refractivity contribution in [2.24, 2.45) is 0 Å². The second-order valence-electron chi connectivity index (χ2n) is 6.38. The van der Waals surface area contributed by atoms with Crippen molar-refractivity contribution in [1.29, 1.82) is 0 Å². The van der Waals surface area contributed by atoms with Crippen LogP contribution in [-0.2, 0) is 5.60 Å². The number of hydrogen-bond donors (Lipinski definition) is 1. The molecule has 3 aromatic carbocycles. The molecule has 28 heavy (non-hydrogen) atoms. The van der Waals surface area contributed by atoms with Gasteiger partial charge >= 0.3 is 6.18 Å². The summed E-state index contributed by atoms with van der Waals surface area (Å²) in [6, 6.07) is 16.7. The quantitative estimate of drug-likeness (QED) is 0.505. The predicted molar refractivity (Wildman–Crippen MR) is 96.5 cm³/mol. The highest BCUT2D eigenvalue weighted by molar-refractivity contribution is 5.81. The highest BCUT2D eigenvalue weighted by Crippen LogP contribution is 2.44. The second kappa shape index (κ2) is 6.45. The molecular formula is C21H14F4N2O. The van der Waals surface area contributed by atoms with Crippen molar-refractivity contribution in [3.05, 3.63) is 95.9 Å². The summed E-state index contributed by atoms with van der Waals surface area (Å²) in [5.74, 6) is -0.687. The maximum Gasteiger partial charge on any atom is 0.425 e. The van der Waals surface area contributed by atoms with E-state index >= 15 is 0 Å². The summed E-state index contributed by atoms with van der Waals surface area (Å²) in [5.41, 5.74) is -2.75. The molecule has 1 unspecified atom stereocenters. The molecule has 4 rings (SSSR count). The fraction of sp³-hybridized carbons (Fsp3) is 0.0952.